The second-order valence-electron chi connectivity index (χ2n) is 5.13. The highest BCUT2D eigenvalue weighted by atomic mass is 35.5. The van der Waals surface area contributed by atoms with Gasteiger partial charge >= 0.3 is 0 Å². The lowest BCUT2D eigenvalue weighted by Crippen LogP contribution is -2.41. The highest BCUT2D eigenvalue weighted by Gasteiger charge is 2.26. The Morgan fingerprint density at radius 3 is 2.40 bits per heavy atom. The molecule has 0 heterocycles. The molecule has 1 aromatic rings. The van der Waals surface area contributed by atoms with Crippen LogP contribution in [0.1, 0.15) is 31.2 Å². The first-order valence-corrected chi connectivity index (χ1v) is 7.72. The number of aliphatic hydroxyl groups is 1. The molecule has 0 saturated heterocycles. The van der Waals surface area contributed by atoms with Crippen LogP contribution in [0.5, 0.6) is 0 Å². The summed E-state index contributed by atoms with van der Waals surface area (Å²) in [6, 6.07) is 5.49. The standard InChI is InChI=1S/C15H19Cl2NO2/c16-13-6-3-7-14(17)12(13)10-15(20)18(8-9-19)11-4-1-2-5-11/h3,6-7,11,19H,1-2,4-5,8-10H2. The van der Waals surface area contributed by atoms with Gasteiger partial charge in [0.15, 0.2) is 0 Å². The summed E-state index contributed by atoms with van der Waals surface area (Å²) in [7, 11) is 0. The average Bonchev–Trinajstić information content (AvgIpc) is 2.94. The van der Waals surface area contributed by atoms with E-state index in [4.69, 9.17) is 23.2 Å². The molecule has 0 radical (unpaired) electrons. The number of nitrogens with zero attached hydrogens (tertiary/aromatic N) is 1. The van der Waals surface area contributed by atoms with Gasteiger partial charge in [0.2, 0.25) is 5.91 Å². The van der Waals surface area contributed by atoms with Crippen molar-refractivity contribution in [2.24, 2.45) is 0 Å². The first kappa shape index (κ1) is 15.6. The molecule has 0 aliphatic heterocycles. The largest absolute Gasteiger partial charge is 0.395 e. The molecular formula is C15H19Cl2NO2. The number of halogens is 2. The van der Waals surface area contributed by atoms with Crippen LogP contribution in [0.2, 0.25) is 10.0 Å². The third-order valence-electron chi connectivity index (χ3n) is 3.82. The van der Waals surface area contributed by atoms with Gasteiger partial charge in [-0.25, -0.2) is 0 Å². The van der Waals surface area contributed by atoms with Crippen molar-refractivity contribution in [3.63, 3.8) is 0 Å². The summed E-state index contributed by atoms with van der Waals surface area (Å²) in [5.41, 5.74) is 0.668. The summed E-state index contributed by atoms with van der Waals surface area (Å²) in [6.45, 7) is 0.365. The molecule has 1 saturated carbocycles. The van der Waals surface area contributed by atoms with Gasteiger partial charge in [0, 0.05) is 22.6 Å². The Morgan fingerprint density at radius 2 is 1.85 bits per heavy atom. The van der Waals surface area contributed by atoms with Crippen molar-refractivity contribution >= 4 is 29.1 Å². The Balaban J connectivity index is 2.11. The van der Waals surface area contributed by atoms with E-state index < -0.39 is 0 Å². The van der Waals surface area contributed by atoms with Gasteiger partial charge in [0.05, 0.1) is 13.0 Å². The van der Waals surface area contributed by atoms with Crippen molar-refractivity contribution in [2.75, 3.05) is 13.2 Å². The quantitative estimate of drug-likeness (QED) is 0.905. The molecule has 2 rings (SSSR count). The Hall–Kier alpha value is -0.770. The molecule has 1 fully saturated rings. The maximum Gasteiger partial charge on any atom is 0.227 e. The van der Waals surface area contributed by atoms with Crippen molar-refractivity contribution in [3.8, 4) is 0 Å². The van der Waals surface area contributed by atoms with Crippen molar-refractivity contribution in [1.82, 2.24) is 4.90 Å². The molecule has 1 N–H and O–H groups in total. The minimum Gasteiger partial charge on any atom is -0.395 e. The van der Waals surface area contributed by atoms with Crippen LogP contribution in [0.3, 0.4) is 0 Å². The number of hydrogen-bond donors (Lipinski definition) is 1. The number of carbonyl (C=O) groups excluding carboxylic acids is 1. The molecule has 0 atom stereocenters. The van der Waals surface area contributed by atoms with E-state index in [1.54, 1.807) is 23.1 Å². The summed E-state index contributed by atoms with van der Waals surface area (Å²) < 4.78 is 0. The van der Waals surface area contributed by atoms with Crippen LogP contribution in [0.25, 0.3) is 0 Å². The van der Waals surface area contributed by atoms with Crippen LogP contribution in [0.15, 0.2) is 18.2 Å². The number of hydrogen-bond acceptors (Lipinski definition) is 2. The van der Waals surface area contributed by atoms with Crippen molar-refractivity contribution in [1.29, 1.82) is 0 Å². The van der Waals surface area contributed by atoms with E-state index in [1.165, 1.54) is 0 Å². The van der Waals surface area contributed by atoms with Crippen LogP contribution < -0.4 is 0 Å². The normalized spacial score (nSPS) is 15.6. The molecule has 0 bridgehead atoms. The topological polar surface area (TPSA) is 40.5 Å². The predicted molar refractivity (Wildman–Crippen MR) is 81.2 cm³/mol. The molecule has 1 aliphatic carbocycles. The van der Waals surface area contributed by atoms with E-state index in [1.807, 2.05) is 0 Å². The number of benzene rings is 1. The van der Waals surface area contributed by atoms with Gasteiger partial charge in [0.1, 0.15) is 0 Å². The van der Waals surface area contributed by atoms with E-state index in [0.717, 1.165) is 25.7 Å². The van der Waals surface area contributed by atoms with E-state index in [2.05, 4.69) is 0 Å². The average molecular weight is 316 g/mol. The minimum absolute atomic E-state index is 0.0130. The van der Waals surface area contributed by atoms with E-state index in [9.17, 15) is 9.90 Å². The highest BCUT2D eigenvalue weighted by molar-refractivity contribution is 6.36. The molecule has 5 heteroatoms. The van der Waals surface area contributed by atoms with E-state index >= 15 is 0 Å². The van der Waals surface area contributed by atoms with Crippen molar-refractivity contribution < 1.29 is 9.90 Å². The molecular weight excluding hydrogens is 297 g/mol. The zero-order valence-electron chi connectivity index (χ0n) is 11.3. The summed E-state index contributed by atoms with van der Waals surface area (Å²) >= 11 is 12.2. The minimum atomic E-state index is -0.0154. The predicted octanol–water partition coefficient (Wildman–Crippen LogP) is 3.30. The summed E-state index contributed by atoms with van der Waals surface area (Å²) in [4.78, 5) is 14.3. The molecule has 1 aromatic carbocycles. The Bertz CT molecular complexity index is 453. The first-order chi connectivity index (χ1) is 9.63. The number of aliphatic hydroxyl groups excluding tert-OH is 1. The molecule has 1 amide bonds. The van der Waals surface area contributed by atoms with Crippen LogP contribution in [-0.4, -0.2) is 35.1 Å². The Kier molecular flexibility index (Phi) is 5.70. The molecule has 20 heavy (non-hydrogen) atoms. The highest BCUT2D eigenvalue weighted by Crippen LogP contribution is 2.27. The monoisotopic (exact) mass is 315 g/mol. The Labute approximate surface area is 129 Å². The zero-order valence-corrected chi connectivity index (χ0v) is 12.8. The van der Waals surface area contributed by atoms with Gasteiger partial charge in [0.25, 0.3) is 0 Å². The second kappa shape index (κ2) is 7.30. The van der Waals surface area contributed by atoms with Gasteiger partial charge in [-0.05, 0) is 30.5 Å². The number of carbonyl (C=O) groups is 1. The third-order valence-corrected chi connectivity index (χ3v) is 4.52. The fraction of sp³-hybridized carbons (Fsp3) is 0.533. The lowest BCUT2D eigenvalue weighted by molar-refractivity contribution is -0.133. The maximum absolute atomic E-state index is 12.5. The van der Waals surface area contributed by atoms with Crippen LogP contribution in [0.4, 0.5) is 0 Å². The fourth-order valence-electron chi connectivity index (χ4n) is 2.79. The van der Waals surface area contributed by atoms with Crippen LogP contribution >= 0.6 is 23.2 Å². The molecule has 0 aromatic heterocycles. The van der Waals surface area contributed by atoms with Crippen molar-refractivity contribution in [2.45, 2.75) is 38.1 Å². The van der Waals surface area contributed by atoms with Crippen LogP contribution in [0, 0.1) is 0 Å². The number of rotatable bonds is 5. The van der Waals surface area contributed by atoms with E-state index in [0.29, 0.717) is 22.2 Å². The van der Waals surface area contributed by atoms with Gasteiger partial charge in [-0.2, -0.15) is 0 Å². The van der Waals surface area contributed by atoms with Gasteiger partial charge in [-0.1, -0.05) is 42.1 Å². The summed E-state index contributed by atoms with van der Waals surface area (Å²) in [5.74, 6) is -0.0130. The lowest BCUT2D eigenvalue weighted by atomic mass is 10.1. The Morgan fingerprint density at radius 1 is 1.25 bits per heavy atom. The smallest absolute Gasteiger partial charge is 0.227 e. The van der Waals surface area contributed by atoms with Crippen LogP contribution in [-0.2, 0) is 11.2 Å². The summed E-state index contributed by atoms with van der Waals surface area (Å²) in [6.07, 6.45) is 4.51. The third kappa shape index (κ3) is 3.66. The fourth-order valence-corrected chi connectivity index (χ4v) is 3.32. The van der Waals surface area contributed by atoms with Gasteiger partial charge in [-0.15, -0.1) is 0 Å². The maximum atomic E-state index is 12.5. The SMILES string of the molecule is O=C(Cc1c(Cl)cccc1Cl)N(CCO)C1CCCC1. The molecule has 3 nitrogen and oxygen atoms in total. The molecule has 1 aliphatic rings. The summed E-state index contributed by atoms with van der Waals surface area (Å²) in [5, 5.41) is 10.2. The lowest BCUT2D eigenvalue weighted by Gasteiger charge is -2.28. The van der Waals surface area contributed by atoms with E-state index in [-0.39, 0.29) is 25.0 Å². The number of amides is 1. The van der Waals surface area contributed by atoms with Gasteiger partial charge < -0.3 is 10.0 Å². The molecule has 0 unspecified atom stereocenters. The van der Waals surface area contributed by atoms with Gasteiger partial charge in [-0.3, -0.25) is 4.79 Å². The zero-order chi connectivity index (χ0) is 14.5. The molecule has 110 valence electrons. The van der Waals surface area contributed by atoms with Crippen molar-refractivity contribution in [3.05, 3.63) is 33.8 Å². The first-order valence-electron chi connectivity index (χ1n) is 6.96. The molecule has 0 spiro atoms. The second-order valence-corrected chi connectivity index (χ2v) is 5.94.